The average molecular weight is 277 g/mol. The Hall–Kier alpha value is 0.360. The third-order valence-electron chi connectivity index (χ3n) is 3.22. The van der Waals surface area contributed by atoms with Crippen molar-refractivity contribution in [2.45, 2.75) is 25.0 Å². The van der Waals surface area contributed by atoms with Gasteiger partial charge >= 0.3 is 0 Å². The molecule has 4 heteroatoms. The number of halogens is 1. The standard InChI is InChI=1S/C11H21BrN2O/c1-13-6-7-15-11(8-13)9-14(5-4-12)10-2-3-10/h10-11H,2-9H2,1H3. The molecule has 1 aliphatic carbocycles. The summed E-state index contributed by atoms with van der Waals surface area (Å²) in [5.41, 5.74) is 0. The van der Waals surface area contributed by atoms with Crippen molar-refractivity contribution in [3.63, 3.8) is 0 Å². The van der Waals surface area contributed by atoms with E-state index in [2.05, 4.69) is 32.8 Å². The van der Waals surface area contributed by atoms with E-state index >= 15 is 0 Å². The van der Waals surface area contributed by atoms with Crippen molar-refractivity contribution in [1.82, 2.24) is 9.80 Å². The second-order valence-electron chi connectivity index (χ2n) is 4.67. The van der Waals surface area contributed by atoms with Crippen molar-refractivity contribution in [1.29, 1.82) is 0 Å². The van der Waals surface area contributed by atoms with Gasteiger partial charge in [-0.25, -0.2) is 0 Å². The largest absolute Gasteiger partial charge is 0.374 e. The van der Waals surface area contributed by atoms with E-state index in [0.29, 0.717) is 6.10 Å². The minimum atomic E-state index is 0.420. The number of rotatable bonds is 5. The number of likely N-dealkylation sites (N-methyl/N-ethyl adjacent to an activating group) is 1. The molecule has 88 valence electrons. The predicted molar refractivity (Wildman–Crippen MR) is 65.6 cm³/mol. The summed E-state index contributed by atoms with van der Waals surface area (Å²) in [5.74, 6) is 0. The lowest BCUT2D eigenvalue weighted by atomic mass is 10.2. The molecule has 0 N–H and O–H groups in total. The van der Waals surface area contributed by atoms with E-state index in [9.17, 15) is 0 Å². The number of alkyl halides is 1. The molecule has 1 atom stereocenters. The first kappa shape index (κ1) is 11.8. The highest BCUT2D eigenvalue weighted by Gasteiger charge is 2.31. The topological polar surface area (TPSA) is 15.7 Å². The summed E-state index contributed by atoms with van der Waals surface area (Å²) in [6, 6.07) is 0.846. The van der Waals surface area contributed by atoms with Crippen LogP contribution in [-0.4, -0.2) is 67.1 Å². The Morgan fingerprint density at radius 2 is 2.27 bits per heavy atom. The summed E-state index contributed by atoms with van der Waals surface area (Å²) < 4.78 is 5.80. The highest BCUT2D eigenvalue weighted by molar-refractivity contribution is 9.09. The van der Waals surface area contributed by atoms with Crippen molar-refractivity contribution < 1.29 is 4.74 Å². The molecule has 0 aromatic rings. The Labute approximate surface area is 101 Å². The van der Waals surface area contributed by atoms with Crippen LogP contribution in [0, 0.1) is 0 Å². The third-order valence-corrected chi connectivity index (χ3v) is 3.57. The number of hydrogen-bond donors (Lipinski definition) is 0. The molecule has 2 rings (SSSR count). The Bertz CT molecular complexity index is 199. The monoisotopic (exact) mass is 276 g/mol. The van der Waals surface area contributed by atoms with E-state index in [1.165, 1.54) is 12.8 Å². The normalized spacial score (nSPS) is 28.6. The van der Waals surface area contributed by atoms with Crippen LogP contribution in [-0.2, 0) is 4.74 Å². The molecule has 1 unspecified atom stereocenters. The van der Waals surface area contributed by atoms with Crippen molar-refractivity contribution in [2.24, 2.45) is 0 Å². The fourth-order valence-corrected chi connectivity index (χ4v) is 2.67. The first-order valence-electron chi connectivity index (χ1n) is 5.89. The van der Waals surface area contributed by atoms with Gasteiger partial charge in [-0.15, -0.1) is 0 Å². The quantitative estimate of drug-likeness (QED) is 0.702. The summed E-state index contributed by atoms with van der Waals surface area (Å²) in [4.78, 5) is 4.95. The molecular formula is C11H21BrN2O. The molecule has 0 aromatic carbocycles. The molecule has 15 heavy (non-hydrogen) atoms. The van der Waals surface area contributed by atoms with Crippen molar-refractivity contribution >= 4 is 15.9 Å². The summed E-state index contributed by atoms with van der Waals surface area (Å²) in [6.45, 7) is 5.34. The summed E-state index contributed by atoms with van der Waals surface area (Å²) in [6.07, 6.45) is 3.19. The molecule has 1 saturated carbocycles. The summed E-state index contributed by atoms with van der Waals surface area (Å²) >= 11 is 3.53. The van der Waals surface area contributed by atoms with Crippen LogP contribution in [0.5, 0.6) is 0 Å². The molecular weight excluding hydrogens is 256 g/mol. The van der Waals surface area contributed by atoms with Gasteiger partial charge in [-0.1, -0.05) is 15.9 Å². The predicted octanol–water partition coefficient (Wildman–Crippen LogP) is 1.18. The molecule has 2 fully saturated rings. The maximum absolute atomic E-state index is 5.80. The van der Waals surface area contributed by atoms with Gasteiger partial charge in [0.15, 0.2) is 0 Å². The Balaban J connectivity index is 1.77. The fraction of sp³-hybridized carbons (Fsp3) is 1.00. The SMILES string of the molecule is CN1CCOC(CN(CCBr)C2CC2)C1. The number of morpholine rings is 1. The van der Waals surface area contributed by atoms with Crippen LogP contribution in [0.25, 0.3) is 0 Å². The Morgan fingerprint density at radius 3 is 2.87 bits per heavy atom. The van der Waals surface area contributed by atoms with Crippen LogP contribution in [0.15, 0.2) is 0 Å². The highest BCUT2D eigenvalue weighted by Crippen LogP contribution is 2.27. The van der Waals surface area contributed by atoms with Crippen LogP contribution >= 0.6 is 15.9 Å². The van der Waals surface area contributed by atoms with E-state index in [4.69, 9.17) is 4.74 Å². The summed E-state index contributed by atoms with van der Waals surface area (Å²) in [7, 11) is 2.18. The number of ether oxygens (including phenoxy) is 1. The van der Waals surface area contributed by atoms with Crippen LogP contribution in [0.2, 0.25) is 0 Å². The fourth-order valence-electron chi connectivity index (χ4n) is 2.21. The average Bonchev–Trinajstić information content (AvgIpc) is 3.00. The van der Waals surface area contributed by atoms with E-state index in [1.807, 2.05) is 0 Å². The molecule has 1 heterocycles. The van der Waals surface area contributed by atoms with Gasteiger partial charge in [0.1, 0.15) is 0 Å². The Kier molecular flexibility index (Phi) is 4.43. The minimum absolute atomic E-state index is 0.420. The van der Waals surface area contributed by atoms with Gasteiger partial charge < -0.3 is 9.64 Å². The summed E-state index contributed by atoms with van der Waals surface area (Å²) in [5, 5.41) is 1.08. The zero-order valence-electron chi connectivity index (χ0n) is 9.49. The van der Waals surface area contributed by atoms with Gasteiger partial charge in [-0.2, -0.15) is 0 Å². The van der Waals surface area contributed by atoms with Gasteiger partial charge in [0.25, 0.3) is 0 Å². The molecule has 1 saturated heterocycles. The second-order valence-corrected chi connectivity index (χ2v) is 5.46. The first-order chi connectivity index (χ1) is 7.29. The molecule has 0 radical (unpaired) electrons. The van der Waals surface area contributed by atoms with Crippen LogP contribution in [0.4, 0.5) is 0 Å². The Morgan fingerprint density at radius 1 is 1.47 bits per heavy atom. The molecule has 0 amide bonds. The van der Waals surface area contributed by atoms with Gasteiger partial charge in [0.2, 0.25) is 0 Å². The lowest BCUT2D eigenvalue weighted by Gasteiger charge is -2.33. The third kappa shape index (κ3) is 3.70. The van der Waals surface area contributed by atoms with Crippen LogP contribution in [0.1, 0.15) is 12.8 Å². The lowest BCUT2D eigenvalue weighted by molar-refractivity contribution is -0.0359. The second kappa shape index (κ2) is 5.62. The molecule has 3 nitrogen and oxygen atoms in total. The smallest absolute Gasteiger partial charge is 0.0829 e. The van der Waals surface area contributed by atoms with Gasteiger partial charge in [0.05, 0.1) is 12.7 Å². The first-order valence-corrected chi connectivity index (χ1v) is 7.02. The zero-order valence-corrected chi connectivity index (χ0v) is 11.1. The highest BCUT2D eigenvalue weighted by atomic mass is 79.9. The number of nitrogens with zero attached hydrogens (tertiary/aromatic N) is 2. The maximum atomic E-state index is 5.80. The molecule has 2 aliphatic rings. The van der Waals surface area contributed by atoms with E-state index in [1.54, 1.807) is 0 Å². The van der Waals surface area contributed by atoms with E-state index < -0.39 is 0 Å². The van der Waals surface area contributed by atoms with Gasteiger partial charge in [-0.05, 0) is 19.9 Å². The van der Waals surface area contributed by atoms with Crippen molar-refractivity contribution in [3.8, 4) is 0 Å². The molecule has 1 aliphatic heterocycles. The van der Waals surface area contributed by atoms with Gasteiger partial charge in [-0.3, -0.25) is 4.90 Å². The maximum Gasteiger partial charge on any atom is 0.0829 e. The lowest BCUT2D eigenvalue weighted by Crippen LogP contribution is -2.47. The molecule has 0 spiro atoms. The van der Waals surface area contributed by atoms with E-state index in [-0.39, 0.29) is 0 Å². The zero-order chi connectivity index (χ0) is 10.7. The van der Waals surface area contributed by atoms with Gasteiger partial charge in [0, 0.05) is 37.6 Å². The van der Waals surface area contributed by atoms with Crippen LogP contribution in [0.3, 0.4) is 0 Å². The van der Waals surface area contributed by atoms with Crippen molar-refractivity contribution in [2.75, 3.05) is 45.2 Å². The van der Waals surface area contributed by atoms with Crippen LogP contribution < -0.4 is 0 Å². The molecule has 0 aromatic heterocycles. The number of hydrogen-bond acceptors (Lipinski definition) is 3. The molecule has 0 bridgehead atoms. The van der Waals surface area contributed by atoms with Crippen molar-refractivity contribution in [3.05, 3.63) is 0 Å². The van der Waals surface area contributed by atoms with E-state index in [0.717, 1.165) is 44.2 Å². The minimum Gasteiger partial charge on any atom is -0.374 e.